The van der Waals surface area contributed by atoms with Crippen molar-refractivity contribution in [3.63, 3.8) is 0 Å². The highest BCUT2D eigenvalue weighted by Crippen LogP contribution is 2.22. The zero-order valence-corrected chi connectivity index (χ0v) is 11.3. The van der Waals surface area contributed by atoms with Gasteiger partial charge >= 0.3 is 0 Å². The third kappa shape index (κ3) is 2.30. The van der Waals surface area contributed by atoms with Crippen molar-refractivity contribution >= 4 is 23.0 Å². The predicted molar refractivity (Wildman–Crippen MR) is 72.3 cm³/mol. The Morgan fingerprint density at radius 3 is 3.21 bits per heavy atom. The molecule has 1 atom stereocenters. The number of carbonyl (C=O) groups excluding carboxylic acids is 1. The lowest BCUT2D eigenvalue weighted by Crippen LogP contribution is -2.28. The molecule has 1 aliphatic heterocycles. The topological polar surface area (TPSA) is 50.5 Å². The van der Waals surface area contributed by atoms with Crippen molar-refractivity contribution < 1.29 is 4.79 Å². The Hall–Kier alpha value is -1.62. The number of likely N-dealkylation sites (tertiary alicyclic amines) is 1. The summed E-state index contributed by atoms with van der Waals surface area (Å²) >= 11 is 5.76. The fraction of sp³-hybridized carbons (Fsp3) is 0.462. The zero-order valence-electron chi connectivity index (χ0n) is 10.5. The Morgan fingerprint density at radius 2 is 2.37 bits per heavy atom. The molecule has 100 valence electrons. The number of hydrogen-bond donors (Lipinski definition) is 0. The molecule has 1 unspecified atom stereocenters. The molecule has 2 aromatic rings. The second kappa shape index (κ2) is 5.17. The molecule has 6 heteroatoms. The maximum absolute atomic E-state index is 12.5. The normalized spacial score (nSPS) is 19.2. The first kappa shape index (κ1) is 12.4. The van der Waals surface area contributed by atoms with E-state index >= 15 is 0 Å². The van der Waals surface area contributed by atoms with E-state index in [0.29, 0.717) is 17.4 Å². The van der Waals surface area contributed by atoms with E-state index in [0.717, 1.165) is 31.4 Å². The van der Waals surface area contributed by atoms with Crippen LogP contribution in [0.15, 0.2) is 24.8 Å². The second-order valence-corrected chi connectivity index (χ2v) is 5.23. The van der Waals surface area contributed by atoms with Gasteiger partial charge in [-0.1, -0.05) is 0 Å². The van der Waals surface area contributed by atoms with Crippen molar-refractivity contribution in [3.8, 4) is 0 Å². The van der Waals surface area contributed by atoms with Crippen LogP contribution in [0.2, 0.25) is 0 Å². The largest absolute Gasteiger partial charge is 0.338 e. The monoisotopic (exact) mass is 278 g/mol. The molecule has 0 aromatic carbocycles. The zero-order chi connectivity index (χ0) is 13.2. The molecule has 0 saturated carbocycles. The minimum absolute atomic E-state index is 0.0417. The van der Waals surface area contributed by atoms with E-state index in [1.54, 1.807) is 29.3 Å². The van der Waals surface area contributed by atoms with Crippen LogP contribution < -0.4 is 0 Å². The maximum Gasteiger partial charge on any atom is 0.257 e. The first-order valence-electron chi connectivity index (χ1n) is 6.42. The van der Waals surface area contributed by atoms with Crippen LogP contribution in [0.1, 0.15) is 23.2 Å². The summed E-state index contributed by atoms with van der Waals surface area (Å²) in [5.41, 5.74) is 1.38. The van der Waals surface area contributed by atoms with Gasteiger partial charge in [0.05, 0.1) is 23.5 Å². The summed E-state index contributed by atoms with van der Waals surface area (Å²) in [4.78, 5) is 18.4. The van der Waals surface area contributed by atoms with E-state index in [9.17, 15) is 4.79 Å². The van der Waals surface area contributed by atoms with E-state index < -0.39 is 0 Å². The molecule has 3 rings (SSSR count). The summed E-state index contributed by atoms with van der Waals surface area (Å²) in [7, 11) is 0. The van der Waals surface area contributed by atoms with Crippen molar-refractivity contribution in [2.45, 2.75) is 12.8 Å². The van der Waals surface area contributed by atoms with Crippen LogP contribution in [-0.4, -0.2) is 44.4 Å². The number of halogens is 1. The van der Waals surface area contributed by atoms with E-state index in [-0.39, 0.29) is 5.91 Å². The van der Waals surface area contributed by atoms with Crippen LogP contribution in [-0.2, 0) is 0 Å². The molecule has 0 bridgehead atoms. The quantitative estimate of drug-likeness (QED) is 0.805. The van der Waals surface area contributed by atoms with E-state index in [2.05, 4.69) is 10.1 Å². The number of aromatic nitrogens is 3. The molecule has 5 nitrogen and oxygen atoms in total. The van der Waals surface area contributed by atoms with Crippen molar-refractivity contribution in [2.75, 3.05) is 19.0 Å². The van der Waals surface area contributed by atoms with Gasteiger partial charge in [0.15, 0.2) is 0 Å². The highest BCUT2D eigenvalue weighted by atomic mass is 35.5. The third-order valence-corrected chi connectivity index (χ3v) is 3.86. The van der Waals surface area contributed by atoms with E-state index in [1.807, 2.05) is 4.90 Å². The number of hydrogen-bond acceptors (Lipinski definition) is 3. The SMILES string of the molecule is O=C(c1cnn2ccncc12)N1CCC(CCCl)C1. The van der Waals surface area contributed by atoms with Crippen LogP contribution in [0.3, 0.4) is 0 Å². The maximum atomic E-state index is 12.5. The fourth-order valence-corrected chi connectivity index (χ4v) is 2.89. The average Bonchev–Trinajstić information content (AvgIpc) is 3.05. The van der Waals surface area contributed by atoms with Crippen LogP contribution in [0.25, 0.3) is 5.52 Å². The van der Waals surface area contributed by atoms with Gasteiger partial charge in [-0.05, 0) is 18.8 Å². The highest BCUT2D eigenvalue weighted by Gasteiger charge is 2.28. The smallest absolute Gasteiger partial charge is 0.257 e. The molecule has 0 aliphatic carbocycles. The van der Waals surface area contributed by atoms with Gasteiger partial charge in [-0.3, -0.25) is 9.78 Å². The molecule has 1 amide bonds. The number of amides is 1. The summed E-state index contributed by atoms with van der Waals surface area (Å²) in [6, 6.07) is 0. The van der Waals surface area contributed by atoms with E-state index in [4.69, 9.17) is 11.6 Å². The number of nitrogens with zero attached hydrogens (tertiary/aromatic N) is 4. The second-order valence-electron chi connectivity index (χ2n) is 4.85. The van der Waals surface area contributed by atoms with Crippen molar-refractivity contribution in [1.82, 2.24) is 19.5 Å². The number of alkyl halides is 1. The van der Waals surface area contributed by atoms with Gasteiger partial charge in [0.2, 0.25) is 0 Å². The van der Waals surface area contributed by atoms with Crippen LogP contribution in [0.4, 0.5) is 0 Å². The molecule has 1 aliphatic rings. The highest BCUT2D eigenvalue weighted by molar-refractivity contribution is 6.17. The van der Waals surface area contributed by atoms with Crippen LogP contribution in [0.5, 0.6) is 0 Å². The predicted octanol–water partition coefficient (Wildman–Crippen LogP) is 1.82. The molecule has 0 radical (unpaired) electrons. The van der Waals surface area contributed by atoms with Crippen LogP contribution >= 0.6 is 11.6 Å². The van der Waals surface area contributed by atoms with E-state index in [1.165, 1.54) is 0 Å². The molecular formula is C13H15ClN4O. The minimum atomic E-state index is 0.0417. The van der Waals surface area contributed by atoms with Gasteiger partial charge < -0.3 is 4.90 Å². The Kier molecular flexibility index (Phi) is 3.38. The molecular weight excluding hydrogens is 264 g/mol. The number of rotatable bonds is 3. The summed E-state index contributed by atoms with van der Waals surface area (Å²) in [5.74, 6) is 1.23. The summed E-state index contributed by atoms with van der Waals surface area (Å²) < 4.78 is 1.67. The van der Waals surface area contributed by atoms with Gasteiger partial charge in [0.1, 0.15) is 0 Å². The Balaban J connectivity index is 1.81. The molecule has 0 N–H and O–H groups in total. The molecule has 2 aromatic heterocycles. The fourth-order valence-electron chi connectivity index (χ4n) is 2.58. The molecule has 3 heterocycles. The first-order chi connectivity index (χ1) is 9.29. The Bertz CT molecular complexity index is 597. The number of carbonyl (C=O) groups is 1. The van der Waals surface area contributed by atoms with Gasteiger partial charge in [-0.2, -0.15) is 5.10 Å². The standard InChI is InChI=1S/C13H15ClN4O/c14-3-1-10-2-5-17(9-10)13(19)11-7-16-18-6-4-15-8-12(11)18/h4,6-8,10H,1-3,5,9H2. The van der Waals surface area contributed by atoms with Crippen molar-refractivity contribution in [1.29, 1.82) is 0 Å². The molecule has 1 fully saturated rings. The molecule has 0 spiro atoms. The lowest BCUT2D eigenvalue weighted by molar-refractivity contribution is 0.0789. The van der Waals surface area contributed by atoms with Gasteiger partial charge in [-0.15, -0.1) is 11.6 Å². The van der Waals surface area contributed by atoms with Crippen molar-refractivity contribution in [3.05, 3.63) is 30.4 Å². The lowest BCUT2D eigenvalue weighted by atomic mass is 10.1. The lowest BCUT2D eigenvalue weighted by Gasteiger charge is -2.15. The van der Waals surface area contributed by atoms with Gasteiger partial charge in [0, 0.05) is 31.4 Å². The molecule has 19 heavy (non-hydrogen) atoms. The average molecular weight is 279 g/mol. The van der Waals surface area contributed by atoms with Crippen LogP contribution in [0, 0.1) is 5.92 Å². The number of fused-ring (bicyclic) bond motifs is 1. The van der Waals surface area contributed by atoms with Gasteiger partial charge in [-0.25, -0.2) is 4.52 Å². The first-order valence-corrected chi connectivity index (χ1v) is 6.95. The van der Waals surface area contributed by atoms with Gasteiger partial charge in [0.25, 0.3) is 5.91 Å². The summed E-state index contributed by atoms with van der Waals surface area (Å²) in [5, 5.41) is 4.17. The minimum Gasteiger partial charge on any atom is -0.338 e. The molecule has 1 saturated heterocycles. The third-order valence-electron chi connectivity index (χ3n) is 3.65. The Morgan fingerprint density at radius 1 is 1.47 bits per heavy atom. The summed E-state index contributed by atoms with van der Waals surface area (Å²) in [6.45, 7) is 1.60. The summed E-state index contributed by atoms with van der Waals surface area (Å²) in [6.07, 6.45) is 8.70. The van der Waals surface area contributed by atoms with Crippen molar-refractivity contribution in [2.24, 2.45) is 5.92 Å². The Labute approximate surface area is 116 Å².